The first kappa shape index (κ1) is 21.5. The molecule has 0 spiro atoms. The summed E-state index contributed by atoms with van der Waals surface area (Å²) >= 11 is 0. The zero-order chi connectivity index (χ0) is 21.5. The van der Waals surface area contributed by atoms with Crippen LogP contribution in [0.15, 0.2) is 88.7 Å². The van der Waals surface area contributed by atoms with Crippen molar-refractivity contribution in [2.24, 2.45) is 0 Å². The Morgan fingerprint density at radius 3 is 2.23 bits per heavy atom. The number of benzene rings is 3. The molecule has 1 unspecified atom stereocenters. The Kier molecular flexibility index (Phi) is 7.14. The van der Waals surface area contributed by atoms with Crippen LogP contribution in [0.5, 0.6) is 0 Å². The molecule has 154 valence electrons. The van der Waals surface area contributed by atoms with E-state index in [-0.39, 0.29) is 12.3 Å². The number of nitrogens with one attached hydrogen (secondary N) is 1. The second-order valence-electron chi connectivity index (χ2n) is 6.84. The largest absolute Gasteiger partial charge is 0.457 e. The van der Waals surface area contributed by atoms with Gasteiger partial charge in [-0.15, -0.1) is 0 Å². The predicted molar refractivity (Wildman–Crippen MR) is 116 cm³/mol. The summed E-state index contributed by atoms with van der Waals surface area (Å²) in [4.78, 5) is 25.4. The summed E-state index contributed by atoms with van der Waals surface area (Å²) in [6.07, 6.45) is -0.742. The Morgan fingerprint density at radius 1 is 0.933 bits per heavy atom. The van der Waals surface area contributed by atoms with Crippen LogP contribution in [-0.4, -0.2) is 16.1 Å². The maximum absolute atomic E-state index is 13.0. The Labute approximate surface area is 178 Å². The average molecular weight is 422 g/mol. The lowest BCUT2D eigenvalue weighted by Crippen LogP contribution is -2.19. The van der Waals surface area contributed by atoms with Crippen molar-refractivity contribution in [2.75, 3.05) is 5.32 Å². The van der Waals surface area contributed by atoms with Gasteiger partial charge in [-0.2, -0.15) is 0 Å². The maximum atomic E-state index is 13.0. The number of amides is 1. The van der Waals surface area contributed by atoms with Gasteiger partial charge < -0.3 is 10.1 Å². The number of carbonyl (C=O) groups excluding carboxylic acids is 2. The first-order valence-corrected chi connectivity index (χ1v) is 10.7. The highest BCUT2D eigenvalue weighted by atomic mass is 32.2. The average Bonchev–Trinajstić information content (AvgIpc) is 2.74. The van der Waals surface area contributed by atoms with Gasteiger partial charge in [0.1, 0.15) is 6.10 Å². The molecule has 0 saturated carbocycles. The SMILES string of the molecule is CC(=O)O[C@H](CC(=O)Nc1ccccc1S(=O)c1ccc(C)cc1)c1ccccc1. The van der Waals surface area contributed by atoms with E-state index in [0.29, 0.717) is 15.5 Å². The van der Waals surface area contributed by atoms with Gasteiger partial charge in [0.25, 0.3) is 0 Å². The van der Waals surface area contributed by atoms with Crippen LogP contribution < -0.4 is 5.32 Å². The first-order chi connectivity index (χ1) is 14.4. The molecule has 5 nitrogen and oxygen atoms in total. The number of rotatable bonds is 7. The molecule has 3 aromatic rings. The summed E-state index contributed by atoms with van der Waals surface area (Å²) < 4.78 is 18.4. The van der Waals surface area contributed by atoms with Crippen molar-refractivity contribution in [3.05, 3.63) is 90.0 Å². The van der Waals surface area contributed by atoms with Gasteiger partial charge in [0.15, 0.2) is 0 Å². The van der Waals surface area contributed by atoms with Crippen LogP contribution >= 0.6 is 0 Å². The summed E-state index contributed by atoms with van der Waals surface area (Å²) in [6.45, 7) is 3.28. The van der Waals surface area contributed by atoms with Crippen molar-refractivity contribution >= 4 is 28.4 Å². The molecule has 0 fully saturated rings. The molecule has 0 bridgehead atoms. The van der Waals surface area contributed by atoms with Gasteiger partial charge in [-0.1, -0.05) is 60.2 Å². The highest BCUT2D eigenvalue weighted by Crippen LogP contribution is 2.26. The fraction of sp³-hybridized carbons (Fsp3) is 0.167. The van der Waals surface area contributed by atoms with Gasteiger partial charge in [0.05, 0.1) is 27.8 Å². The number of ether oxygens (including phenoxy) is 1. The third-order valence-corrected chi connectivity index (χ3v) is 5.90. The molecule has 1 N–H and O–H groups in total. The quantitative estimate of drug-likeness (QED) is 0.557. The summed E-state index contributed by atoms with van der Waals surface area (Å²) in [5, 5.41) is 2.82. The number of esters is 1. The molecule has 0 saturated heterocycles. The minimum Gasteiger partial charge on any atom is -0.457 e. The highest BCUT2D eigenvalue weighted by molar-refractivity contribution is 7.85. The normalized spacial score (nSPS) is 12.6. The number of hydrogen-bond donors (Lipinski definition) is 1. The van der Waals surface area contributed by atoms with Crippen molar-refractivity contribution < 1.29 is 18.5 Å². The van der Waals surface area contributed by atoms with E-state index in [4.69, 9.17) is 4.74 Å². The molecule has 0 aromatic heterocycles. The van der Waals surface area contributed by atoms with Gasteiger partial charge in [-0.05, 0) is 36.8 Å². The molecule has 6 heteroatoms. The molecular weight excluding hydrogens is 398 g/mol. The fourth-order valence-electron chi connectivity index (χ4n) is 2.99. The summed E-state index contributed by atoms with van der Waals surface area (Å²) in [5.41, 5.74) is 2.28. The van der Waals surface area contributed by atoms with Crippen LogP contribution in [0.25, 0.3) is 0 Å². The Hall–Kier alpha value is -3.25. The lowest BCUT2D eigenvalue weighted by molar-refractivity contribution is -0.147. The topological polar surface area (TPSA) is 72.5 Å². The molecule has 0 aliphatic rings. The molecule has 0 radical (unpaired) electrons. The number of anilines is 1. The van der Waals surface area contributed by atoms with E-state index in [1.54, 1.807) is 36.4 Å². The lowest BCUT2D eigenvalue weighted by atomic mass is 10.1. The second-order valence-corrected chi connectivity index (χ2v) is 8.29. The summed E-state index contributed by atoms with van der Waals surface area (Å²) in [7, 11) is -1.44. The molecule has 3 rings (SSSR count). The van der Waals surface area contributed by atoms with Crippen LogP contribution in [0.2, 0.25) is 0 Å². The van der Waals surface area contributed by atoms with Crippen LogP contribution in [0.1, 0.15) is 30.6 Å². The van der Waals surface area contributed by atoms with Gasteiger partial charge in [-0.25, -0.2) is 4.21 Å². The third-order valence-electron chi connectivity index (χ3n) is 4.45. The first-order valence-electron chi connectivity index (χ1n) is 9.53. The molecular formula is C24H23NO4S. The van der Waals surface area contributed by atoms with Crippen molar-refractivity contribution in [1.29, 1.82) is 0 Å². The summed E-state index contributed by atoms with van der Waals surface area (Å²) in [6, 6.07) is 23.5. The number of aryl methyl sites for hydroxylation is 1. The van der Waals surface area contributed by atoms with Crippen molar-refractivity contribution in [1.82, 2.24) is 0 Å². The van der Waals surface area contributed by atoms with E-state index in [1.807, 2.05) is 49.4 Å². The maximum Gasteiger partial charge on any atom is 0.303 e. The van der Waals surface area contributed by atoms with E-state index in [0.717, 1.165) is 11.1 Å². The Balaban J connectivity index is 1.78. The Bertz CT molecular complexity index is 1050. The van der Waals surface area contributed by atoms with Crippen LogP contribution in [0.3, 0.4) is 0 Å². The number of carbonyl (C=O) groups is 2. The Morgan fingerprint density at radius 2 is 1.57 bits per heavy atom. The molecule has 1 amide bonds. The van der Waals surface area contributed by atoms with E-state index in [1.165, 1.54) is 6.92 Å². The fourth-order valence-corrected chi connectivity index (χ4v) is 4.14. The van der Waals surface area contributed by atoms with E-state index < -0.39 is 22.9 Å². The minimum atomic E-state index is -1.44. The summed E-state index contributed by atoms with van der Waals surface area (Å²) in [5.74, 6) is -0.795. The minimum absolute atomic E-state index is 0.0465. The molecule has 0 aliphatic heterocycles. The van der Waals surface area contributed by atoms with Crippen molar-refractivity contribution in [2.45, 2.75) is 36.2 Å². The van der Waals surface area contributed by atoms with Crippen LogP contribution in [0.4, 0.5) is 5.69 Å². The zero-order valence-electron chi connectivity index (χ0n) is 16.8. The van der Waals surface area contributed by atoms with E-state index in [9.17, 15) is 13.8 Å². The van der Waals surface area contributed by atoms with E-state index in [2.05, 4.69) is 5.32 Å². The van der Waals surface area contributed by atoms with Crippen molar-refractivity contribution in [3.63, 3.8) is 0 Å². The van der Waals surface area contributed by atoms with Crippen molar-refractivity contribution in [3.8, 4) is 0 Å². The molecule has 3 aromatic carbocycles. The monoisotopic (exact) mass is 421 g/mol. The van der Waals surface area contributed by atoms with Gasteiger partial charge >= 0.3 is 5.97 Å². The molecule has 0 heterocycles. The smallest absolute Gasteiger partial charge is 0.303 e. The van der Waals surface area contributed by atoms with Crippen LogP contribution in [0, 0.1) is 6.92 Å². The lowest BCUT2D eigenvalue weighted by Gasteiger charge is -2.18. The standard InChI is InChI=1S/C24H23NO4S/c1-17-12-14-20(15-13-17)30(28)23-11-7-6-10-21(23)25-24(27)16-22(29-18(2)26)19-8-4-3-5-9-19/h3-15,22H,16H2,1-2H3,(H,25,27)/t22-,30?/m1/s1. The number of hydrogen-bond acceptors (Lipinski definition) is 4. The third kappa shape index (κ3) is 5.64. The number of para-hydroxylation sites is 1. The molecule has 30 heavy (non-hydrogen) atoms. The predicted octanol–water partition coefficient (Wildman–Crippen LogP) is 4.79. The molecule has 0 aliphatic carbocycles. The molecule has 2 atom stereocenters. The van der Waals surface area contributed by atoms with Gasteiger partial charge in [0, 0.05) is 11.8 Å². The van der Waals surface area contributed by atoms with Gasteiger partial charge in [-0.3, -0.25) is 9.59 Å². The van der Waals surface area contributed by atoms with E-state index >= 15 is 0 Å². The van der Waals surface area contributed by atoms with Crippen LogP contribution in [-0.2, 0) is 25.1 Å². The zero-order valence-corrected chi connectivity index (χ0v) is 17.6. The second kappa shape index (κ2) is 9.98. The van der Waals surface area contributed by atoms with Gasteiger partial charge in [0.2, 0.25) is 5.91 Å². The highest BCUT2D eigenvalue weighted by Gasteiger charge is 2.20.